The third-order valence-electron chi connectivity index (χ3n) is 3.42. The maximum Gasteiger partial charge on any atom is 0.302 e. The number of benzene rings is 1. The first kappa shape index (κ1) is 13.7. The van der Waals surface area contributed by atoms with E-state index in [1.807, 2.05) is 43.3 Å². The van der Waals surface area contributed by atoms with E-state index >= 15 is 0 Å². The summed E-state index contributed by atoms with van der Waals surface area (Å²) in [6, 6.07) is 11.3. The fourth-order valence-electron chi connectivity index (χ4n) is 2.21. The Morgan fingerprint density at radius 1 is 1.04 bits per heavy atom. The van der Waals surface area contributed by atoms with Crippen LogP contribution >= 0.6 is 11.3 Å². The van der Waals surface area contributed by atoms with E-state index in [-0.39, 0.29) is 5.56 Å². The second-order valence-corrected chi connectivity index (χ2v) is 6.02. The first-order chi connectivity index (χ1) is 11.2. The van der Waals surface area contributed by atoms with Crippen molar-refractivity contribution in [2.24, 2.45) is 0 Å². The number of fused-ring (bicyclic) bond motifs is 1. The monoisotopic (exact) mass is 321 g/mol. The van der Waals surface area contributed by atoms with Crippen molar-refractivity contribution in [2.75, 3.05) is 0 Å². The molecule has 23 heavy (non-hydrogen) atoms. The summed E-state index contributed by atoms with van der Waals surface area (Å²) in [5.41, 5.74) is 2.73. The Bertz CT molecular complexity index is 1040. The summed E-state index contributed by atoms with van der Waals surface area (Å²) < 4.78 is 1.30. The quantitative estimate of drug-likeness (QED) is 0.567. The van der Waals surface area contributed by atoms with Crippen LogP contribution in [0.3, 0.4) is 0 Å². The molecule has 0 fully saturated rings. The minimum absolute atomic E-state index is 0.273. The zero-order chi connectivity index (χ0) is 15.8. The molecular weight excluding hydrogens is 310 g/mol. The molecule has 0 saturated carbocycles. The molecule has 0 N–H and O–H groups in total. The molecule has 0 bridgehead atoms. The SMILES string of the molecule is Cc1ccc(-c2nnc3sc(-c4cccnc4)nn3c2=O)cc1. The number of hydrogen-bond acceptors (Lipinski definition) is 6. The van der Waals surface area contributed by atoms with Crippen LogP contribution in [0.4, 0.5) is 0 Å². The molecule has 0 atom stereocenters. The second kappa shape index (κ2) is 5.36. The zero-order valence-electron chi connectivity index (χ0n) is 12.2. The summed E-state index contributed by atoms with van der Waals surface area (Å²) in [4.78, 5) is 17.2. The van der Waals surface area contributed by atoms with Gasteiger partial charge in [-0.3, -0.25) is 9.78 Å². The highest BCUT2D eigenvalue weighted by atomic mass is 32.1. The smallest absolute Gasteiger partial charge is 0.265 e. The van der Waals surface area contributed by atoms with E-state index in [1.54, 1.807) is 12.4 Å². The van der Waals surface area contributed by atoms with Crippen molar-refractivity contribution >= 4 is 16.3 Å². The molecule has 0 spiro atoms. The first-order valence-electron chi connectivity index (χ1n) is 6.96. The van der Waals surface area contributed by atoms with E-state index in [0.29, 0.717) is 15.7 Å². The number of aromatic nitrogens is 5. The van der Waals surface area contributed by atoms with E-state index in [9.17, 15) is 4.79 Å². The summed E-state index contributed by atoms with van der Waals surface area (Å²) >= 11 is 1.31. The molecule has 3 heterocycles. The van der Waals surface area contributed by atoms with Crippen LogP contribution in [0.2, 0.25) is 0 Å². The summed E-state index contributed by atoms with van der Waals surface area (Å²) in [7, 11) is 0. The lowest BCUT2D eigenvalue weighted by molar-refractivity contribution is 0.862. The Morgan fingerprint density at radius 3 is 2.61 bits per heavy atom. The van der Waals surface area contributed by atoms with Crippen molar-refractivity contribution in [3.8, 4) is 21.8 Å². The van der Waals surface area contributed by atoms with E-state index in [1.165, 1.54) is 15.9 Å². The Hall–Kier alpha value is -2.93. The molecule has 3 aromatic heterocycles. The van der Waals surface area contributed by atoms with Crippen LogP contribution in [-0.4, -0.2) is 24.8 Å². The van der Waals surface area contributed by atoms with Crippen LogP contribution in [-0.2, 0) is 0 Å². The summed E-state index contributed by atoms with van der Waals surface area (Å²) in [5.74, 6) is 0. The van der Waals surface area contributed by atoms with Crippen LogP contribution in [0, 0.1) is 6.92 Å². The van der Waals surface area contributed by atoms with E-state index in [2.05, 4.69) is 20.3 Å². The maximum atomic E-state index is 12.6. The zero-order valence-corrected chi connectivity index (χ0v) is 13.0. The molecule has 7 heteroatoms. The number of rotatable bonds is 2. The lowest BCUT2D eigenvalue weighted by Gasteiger charge is -1.99. The first-order valence-corrected chi connectivity index (χ1v) is 7.78. The van der Waals surface area contributed by atoms with Crippen molar-refractivity contribution in [3.05, 3.63) is 64.7 Å². The minimum atomic E-state index is -0.273. The Morgan fingerprint density at radius 2 is 1.87 bits per heavy atom. The second-order valence-electron chi connectivity index (χ2n) is 5.06. The standard InChI is InChI=1S/C16H11N5OS/c1-10-4-6-11(7-5-10)13-15(22)21-16(19-18-13)23-14(20-21)12-3-2-8-17-9-12/h2-9H,1H3. The van der Waals surface area contributed by atoms with E-state index in [0.717, 1.165) is 16.7 Å². The van der Waals surface area contributed by atoms with Crippen molar-refractivity contribution in [3.63, 3.8) is 0 Å². The molecule has 0 unspecified atom stereocenters. The maximum absolute atomic E-state index is 12.6. The molecular formula is C16H11N5OS. The van der Waals surface area contributed by atoms with Gasteiger partial charge in [0.1, 0.15) is 5.01 Å². The van der Waals surface area contributed by atoms with Crippen LogP contribution in [0.15, 0.2) is 53.6 Å². The van der Waals surface area contributed by atoms with Gasteiger partial charge < -0.3 is 0 Å². The van der Waals surface area contributed by atoms with Gasteiger partial charge in [-0.2, -0.15) is 9.61 Å². The number of nitrogens with zero attached hydrogens (tertiary/aromatic N) is 5. The van der Waals surface area contributed by atoms with Crippen molar-refractivity contribution in [1.29, 1.82) is 0 Å². The van der Waals surface area contributed by atoms with Crippen LogP contribution < -0.4 is 5.56 Å². The van der Waals surface area contributed by atoms with Crippen LogP contribution in [0.5, 0.6) is 0 Å². The Balaban J connectivity index is 1.89. The van der Waals surface area contributed by atoms with Crippen molar-refractivity contribution in [2.45, 2.75) is 6.92 Å². The van der Waals surface area contributed by atoms with Gasteiger partial charge >= 0.3 is 5.56 Å². The number of hydrogen-bond donors (Lipinski definition) is 0. The van der Waals surface area contributed by atoms with E-state index < -0.39 is 0 Å². The molecule has 1 aromatic carbocycles. The normalized spacial score (nSPS) is 11.0. The molecule has 0 radical (unpaired) electrons. The average molecular weight is 321 g/mol. The Labute approximate surface area is 135 Å². The molecule has 4 rings (SSSR count). The predicted molar refractivity (Wildman–Crippen MR) is 88.3 cm³/mol. The van der Waals surface area contributed by atoms with Gasteiger partial charge in [-0.05, 0) is 19.1 Å². The van der Waals surface area contributed by atoms with Gasteiger partial charge in [-0.15, -0.1) is 10.2 Å². The van der Waals surface area contributed by atoms with Gasteiger partial charge in [0.05, 0.1) is 0 Å². The molecule has 0 amide bonds. The number of aryl methyl sites for hydroxylation is 1. The highest BCUT2D eigenvalue weighted by Crippen LogP contribution is 2.23. The molecule has 6 nitrogen and oxygen atoms in total. The third kappa shape index (κ3) is 2.40. The third-order valence-corrected chi connectivity index (χ3v) is 4.37. The summed E-state index contributed by atoms with van der Waals surface area (Å²) in [6.07, 6.45) is 3.40. The van der Waals surface area contributed by atoms with Crippen molar-refractivity contribution < 1.29 is 0 Å². The minimum Gasteiger partial charge on any atom is -0.265 e. The molecule has 4 aromatic rings. The van der Waals surface area contributed by atoms with Gasteiger partial charge in [-0.25, -0.2) is 0 Å². The fraction of sp³-hybridized carbons (Fsp3) is 0.0625. The van der Waals surface area contributed by atoms with Crippen LogP contribution in [0.1, 0.15) is 5.56 Å². The predicted octanol–water partition coefficient (Wildman–Crippen LogP) is 2.58. The Kier molecular flexibility index (Phi) is 3.20. The summed E-state index contributed by atoms with van der Waals surface area (Å²) in [5, 5.41) is 13.3. The molecule has 0 saturated heterocycles. The van der Waals surface area contributed by atoms with Crippen molar-refractivity contribution in [1.82, 2.24) is 24.8 Å². The largest absolute Gasteiger partial charge is 0.302 e. The lowest BCUT2D eigenvalue weighted by atomic mass is 10.1. The van der Waals surface area contributed by atoms with Gasteiger partial charge in [0.25, 0.3) is 0 Å². The highest BCUT2D eigenvalue weighted by molar-refractivity contribution is 7.19. The van der Waals surface area contributed by atoms with Gasteiger partial charge in [0, 0.05) is 23.5 Å². The highest BCUT2D eigenvalue weighted by Gasteiger charge is 2.14. The van der Waals surface area contributed by atoms with Gasteiger partial charge in [0.15, 0.2) is 5.69 Å². The molecule has 0 aliphatic carbocycles. The summed E-state index contributed by atoms with van der Waals surface area (Å²) in [6.45, 7) is 1.99. The van der Waals surface area contributed by atoms with Gasteiger partial charge in [0.2, 0.25) is 4.96 Å². The average Bonchev–Trinajstić information content (AvgIpc) is 3.02. The number of pyridine rings is 1. The topological polar surface area (TPSA) is 73.0 Å². The molecule has 0 aliphatic rings. The van der Waals surface area contributed by atoms with Crippen LogP contribution in [0.25, 0.3) is 26.8 Å². The molecule has 0 aliphatic heterocycles. The lowest BCUT2D eigenvalue weighted by Crippen LogP contribution is -2.19. The van der Waals surface area contributed by atoms with E-state index in [4.69, 9.17) is 0 Å². The fourth-order valence-corrected chi connectivity index (χ4v) is 3.04. The van der Waals surface area contributed by atoms with Gasteiger partial charge in [-0.1, -0.05) is 41.2 Å². The molecule has 112 valence electrons.